The first kappa shape index (κ1) is 22.9. The van der Waals surface area contributed by atoms with E-state index in [-0.39, 0.29) is 22.4 Å². The largest absolute Gasteiger partial charge is 0.497 e. The van der Waals surface area contributed by atoms with Gasteiger partial charge in [-0.2, -0.15) is 0 Å². The first-order valence-corrected chi connectivity index (χ1v) is 11.5. The molecule has 0 radical (unpaired) electrons. The van der Waals surface area contributed by atoms with Gasteiger partial charge in [0.2, 0.25) is 5.91 Å². The smallest absolute Gasteiger partial charge is 0.264 e. The molecule has 0 spiro atoms. The Kier molecular flexibility index (Phi) is 7.40. The lowest BCUT2D eigenvalue weighted by Gasteiger charge is -2.26. The Morgan fingerprint density at radius 3 is 2.52 bits per heavy atom. The summed E-state index contributed by atoms with van der Waals surface area (Å²) in [5, 5.41) is 2.78. The summed E-state index contributed by atoms with van der Waals surface area (Å²) in [4.78, 5) is 12.8. The molecule has 0 saturated carbocycles. The monoisotopic (exact) mass is 448 g/mol. The van der Waals surface area contributed by atoms with Gasteiger partial charge in [-0.15, -0.1) is 0 Å². The number of methoxy groups -OCH3 is 2. The maximum Gasteiger partial charge on any atom is 0.264 e. The zero-order chi connectivity index (χ0) is 22.4. The Balaban J connectivity index is 1.93. The normalized spacial score (nSPS) is 16.0. The second-order valence-corrected chi connectivity index (χ2v) is 9.16. The van der Waals surface area contributed by atoms with E-state index in [1.807, 2.05) is 6.92 Å². The van der Waals surface area contributed by atoms with Crippen LogP contribution in [-0.4, -0.2) is 54.3 Å². The highest BCUT2D eigenvalue weighted by Gasteiger charge is 2.30. The van der Waals surface area contributed by atoms with Crippen LogP contribution in [0.1, 0.15) is 18.4 Å². The van der Waals surface area contributed by atoms with Crippen molar-refractivity contribution in [1.29, 1.82) is 0 Å². The van der Waals surface area contributed by atoms with Crippen molar-refractivity contribution in [2.75, 3.05) is 38.2 Å². The molecule has 1 atom stereocenters. The number of amides is 1. The minimum atomic E-state index is -4.04. The van der Waals surface area contributed by atoms with Gasteiger partial charge in [0, 0.05) is 19.2 Å². The summed E-state index contributed by atoms with van der Waals surface area (Å²) in [7, 11) is -1.09. The molecule has 9 heteroatoms. The zero-order valence-electron chi connectivity index (χ0n) is 18.0. The Bertz CT molecular complexity index is 1000. The van der Waals surface area contributed by atoms with Crippen LogP contribution in [0.15, 0.2) is 47.4 Å². The zero-order valence-corrected chi connectivity index (χ0v) is 18.8. The molecule has 168 valence electrons. The fourth-order valence-corrected chi connectivity index (χ4v) is 4.78. The minimum absolute atomic E-state index is 0.0402. The Morgan fingerprint density at radius 1 is 1.16 bits per heavy atom. The van der Waals surface area contributed by atoms with E-state index in [9.17, 15) is 13.2 Å². The van der Waals surface area contributed by atoms with Gasteiger partial charge in [-0.3, -0.25) is 9.10 Å². The lowest BCUT2D eigenvalue weighted by atomic mass is 10.2. The van der Waals surface area contributed by atoms with E-state index < -0.39 is 22.5 Å². The number of sulfonamides is 1. The Labute approximate surface area is 183 Å². The average Bonchev–Trinajstić information content (AvgIpc) is 3.29. The lowest BCUT2D eigenvalue weighted by molar-refractivity contribution is -0.120. The molecule has 1 amide bonds. The van der Waals surface area contributed by atoms with Crippen LogP contribution in [0, 0.1) is 6.92 Å². The summed E-state index contributed by atoms with van der Waals surface area (Å²) in [6.07, 6.45) is 1.79. The van der Waals surface area contributed by atoms with Gasteiger partial charge in [0.05, 0.1) is 30.9 Å². The first-order valence-electron chi connectivity index (χ1n) is 10.0. The number of carbonyl (C=O) groups is 1. The number of benzene rings is 2. The van der Waals surface area contributed by atoms with Crippen molar-refractivity contribution in [3.05, 3.63) is 48.0 Å². The fraction of sp³-hybridized carbons (Fsp3) is 0.409. The van der Waals surface area contributed by atoms with E-state index in [2.05, 4.69) is 5.32 Å². The van der Waals surface area contributed by atoms with Crippen molar-refractivity contribution in [1.82, 2.24) is 5.32 Å². The highest BCUT2D eigenvalue weighted by Crippen LogP contribution is 2.35. The summed E-state index contributed by atoms with van der Waals surface area (Å²) >= 11 is 0. The third-order valence-corrected chi connectivity index (χ3v) is 6.88. The van der Waals surface area contributed by atoms with E-state index in [1.54, 1.807) is 30.3 Å². The standard InChI is InChI=1S/C22H28N2O6S/c1-16-6-9-19(10-7-16)31(26,27)24(15-22(25)23-14-18-5-4-12-30-18)20-11-8-17(28-2)13-21(20)29-3/h6-11,13,18H,4-5,12,14-15H2,1-3H3,(H,23,25)/t18-/m0/s1. The molecule has 1 heterocycles. The first-order chi connectivity index (χ1) is 14.8. The number of rotatable bonds is 9. The maximum absolute atomic E-state index is 13.5. The van der Waals surface area contributed by atoms with Crippen molar-refractivity contribution in [3.8, 4) is 11.5 Å². The molecule has 0 unspecified atom stereocenters. The summed E-state index contributed by atoms with van der Waals surface area (Å²) in [6, 6.07) is 11.3. The Morgan fingerprint density at radius 2 is 1.90 bits per heavy atom. The van der Waals surface area contributed by atoms with Crippen molar-refractivity contribution in [2.45, 2.75) is 30.8 Å². The van der Waals surface area contributed by atoms with Crippen molar-refractivity contribution < 1.29 is 27.4 Å². The number of hydrogen-bond acceptors (Lipinski definition) is 6. The minimum Gasteiger partial charge on any atom is -0.497 e. The topological polar surface area (TPSA) is 94.2 Å². The van der Waals surface area contributed by atoms with Crippen LogP contribution in [0.25, 0.3) is 0 Å². The SMILES string of the molecule is COc1ccc(N(CC(=O)NC[C@@H]2CCCO2)S(=O)(=O)c2ccc(C)cc2)c(OC)c1. The van der Waals surface area contributed by atoms with Crippen LogP contribution in [0.4, 0.5) is 5.69 Å². The number of carbonyl (C=O) groups excluding carboxylic acids is 1. The number of hydrogen-bond donors (Lipinski definition) is 1. The average molecular weight is 449 g/mol. The summed E-state index contributed by atoms with van der Waals surface area (Å²) in [5.41, 5.74) is 1.18. The molecule has 1 aliphatic rings. The van der Waals surface area contributed by atoms with Gasteiger partial charge in [-0.1, -0.05) is 17.7 Å². The van der Waals surface area contributed by atoms with Crippen molar-refractivity contribution in [3.63, 3.8) is 0 Å². The van der Waals surface area contributed by atoms with E-state index in [4.69, 9.17) is 14.2 Å². The molecule has 3 rings (SSSR count). The molecule has 31 heavy (non-hydrogen) atoms. The van der Waals surface area contributed by atoms with E-state index in [1.165, 1.54) is 26.4 Å². The summed E-state index contributed by atoms with van der Waals surface area (Å²) in [6.45, 7) is 2.50. The van der Waals surface area contributed by atoms with Gasteiger partial charge in [0.25, 0.3) is 10.0 Å². The molecule has 1 aliphatic heterocycles. The van der Waals surface area contributed by atoms with Gasteiger partial charge >= 0.3 is 0 Å². The molecule has 2 aromatic carbocycles. The van der Waals surface area contributed by atoms with Crippen molar-refractivity contribution in [2.24, 2.45) is 0 Å². The van der Waals surface area contributed by atoms with Gasteiger partial charge in [-0.05, 0) is 44.0 Å². The predicted molar refractivity (Wildman–Crippen MR) is 117 cm³/mol. The van der Waals surface area contributed by atoms with E-state index in [0.29, 0.717) is 18.9 Å². The lowest BCUT2D eigenvalue weighted by Crippen LogP contribution is -2.43. The number of ether oxygens (including phenoxy) is 3. The van der Waals surface area contributed by atoms with Crippen LogP contribution in [-0.2, 0) is 19.6 Å². The van der Waals surface area contributed by atoms with E-state index in [0.717, 1.165) is 22.7 Å². The summed E-state index contributed by atoms with van der Waals surface area (Å²) < 4.78 is 44.2. The highest BCUT2D eigenvalue weighted by molar-refractivity contribution is 7.92. The van der Waals surface area contributed by atoms with Crippen LogP contribution in [0.5, 0.6) is 11.5 Å². The van der Waals surface area contributed by atoms with Gasteiger partial charge in [0.1, 0.15) is 18.0 Å². The molecule has 2 aromatic rings. The maximum atomic E-state index is 13.5. The second kappa shape index (κ2) is 10.0. The van der Waals surface area contributed by atoms with Crippen LogP contribution in [0.3, 0.4) is 0 Å². The van der Waals surface area contributed by atoms with Crippen molar-refractivity contribution >= 4 is 21.6 Å². The molecule has 1 N–H and O–H groups in total. The fourth-order valence-electron chi connectivity index (χ4n) is 3.35. The third kappa shape index (κ3) is 5.48. The summed E-state index contributed by atoms with van der Waals surface area (Å²) in [5.74, 6) is 0.363. The van der Waals surface area contributed by atoms with Crippen LogP contribution in [0.2, 0.25) is 0 Å². The number of nitrogens with zero attached hydrogens (tertiary/aromatic N) is 1. The predicted octanol–water partition coefficient (Wildman–Crippen LogP) is 2.50. The quantitative estimate of drug-likeness (QED) is 0.634. The molecule has 1 saturated heterocycles. The van der Waals surface area contributed by atoms with Gasteiger partial charge < -0.3 is 19.5 Å². The Hall–Kier alpha value is -2.78. The molecule has 0 bridgehead atoms. The third-order valence-electron chi connectivity index (χ3n) is 5.10. The number of aryl methyl sites for hydroxylation is 1. The van der Waals surface area contributed by atoms with Gasteiger partial charge in [0.15, 0.2) is 0 Å². The second-order valence-electron chi connectivity index (χ2n) is 7.30. The molecular weight excluding hydrogens is 420 g/mol. The molecule has 1 fully saturated rings. The molecule has 0 aliphatic carbocycles. The van der Waals surface area contributed by atoms with Gasteiger partial charge in [-0.25, -0.2) is 8.42 Å². The highest BCUT2D eigenvalue weighted by atomic mass is 32.2. The molecular formula is C22H28N2O6S. The van der Waals surface area contributed by atoms with Crippen LogP contribution < -0.4 is 19.1 Å². The number of nitrogens with one attached hydrogen (secondary N) is 1. The number of anilines is 1. The van der Waals surface area contributed by atoms with E-state index >= 15 is 0 Å². The van der Waals surface area contributed by atoms with Crippen LogP contribution >= 0.6 is 0 Å². The molecule has 8 nitrogen and oxygen atoms in total. The molecule has 0 aromatic heterocycles.